The number of rotatable bonds is 2. The molecule has 0 bridgehead atoms. The van der Waals surface area contributed by atoms with Crippen LogP contribution in [0.1, 0.15) is 39.0 Å². The number of carbonyl (C=O) groups is 1. The topological polar surface area (TPSA) is 26.3 Å². The first-order valence-corrected chi connectivity index (χ1v) is 4.90. The summed E-state index contributed by atoms with van der Waals surface area (Å²) < 4.78 is 5.26. The van der Waals surface area contributed by atoms with Crippen LogP contribution in [-0.2, 0) is 9.53 Å². The molecule has 1 aliphatic carbocycles. The number of esters is 1. The van der Waals surface area contributed by atoms with E-state index >= 15 is 0 Å². The fraction of sp³-hybridized carbons (Fsp3) is 0.727. The molecule has 0 N–H and O–H groups in total. The lowest BCUT2D eigenvalue weighted by Gasteiger charge is -2.22. The van der Waals surface area contributed by atoms with E-state index in [1.54, 1.807) is 6.92 Å². The molecule has 0 radical (unpaired) electrons. The SMILES string of the molecule is C#CC(C)C(=O)OC1CCCCC1. The molecule has 0 amide bonds. The van der Waals surface area contributed by atoms with Gasteiger partial charge in [0.05, 0.1) is 0 Å². The van der Waals surface area contributed by atoms with Crippen LogP contribution in [-0.4, -0.2) is 12.1 Å². The van der Waals surface area contributed by atoms with E-state index in [-0.39, 0.29) is 12.1 Å². The predicted molar refractivity (Wildman–Crippen MR) is 51.0 cm³/mol. The molecule has 0 aliphatic heterocycles. The van der Waals surface area contributed by atoms with E-state index in [4.69, 9.17) is 11.2 Å². The van der Waals surface area contributed by atoms with Crippen LogP contribution in [0.15, 0.2) is 0 Å². The molecule has 13 heavy (non-hydrogen) atoms. The van der Waals surface area contributed by atoms with Crippen molar-refractivity contribution >= 4 is 5.97 Å². The maximum Gasteiger partial charge on any atom is 0.321 e. The minimum atomic E-state index is -0.401. The van der Waals surface area contributed by atoms with Crippen LogP contribution in [0, 0.1) is 18.3 Å². The van der Waals surface area contributed by atoms with Crippen molar-refractivity contribution in [2.24, 2.45) is 5.92 Å². The lowest BCUT2D eigenvalue weighted by atomic mass is 9.98. The summed E-state index contributed by atoms with van der Waals surface area (Å²) in [7, 11) is 0. The van der Waals surface area contributed by atoms with Gasteiger partial charge in [-0.25, -0.2) is 0 Å². The third-order valence-corrected chi connectivity index (χ3v) is 2.44. The average molecular weight is 180 g/mol. The normalized spacial score (nSPS) is 20.3. The van der Waals surface area contributed by atoms with Crippen LogP contribution < -0.4 is 0 Å². The summed E-state index contributed by atoms with van der Waals surface area (Å²) in [5.74, 6) is 1.74. The van der Waals surface area contributed by atoms with E-state index in [0.717, 1.165) is 12.8 Å². The van der Waals surface area contributed by atoms with Crippen LogP contribution in [0.3, 0.4) is 0 Å². The molecule has 2 heteroatoms. The van der Waals surface area contributed by atoms with Crippen LogP contribution in [0.5, 0.6) is 0 Å². The Labute approximate surface area is 79.7 Å². The highest BCUT2D eigenvalue weighted by Gasteiger charge is 2.20. The molecule has 1 aliphatic rings. The Morgan fingerprint density at radius 3 is 2.62 bits per heavy atom. The third-order valence-electron chi connectivity index (χ3n) is 2.44. The zero-order chi connectivity index (χ0) is 9.68. The highest BCUT2D eigenvalue weighted by atomic mass is 16.5. The second-order valence-electron chi connectivity index (χ2n) is 3.59. The smallest absolute Gasteiger partial charge is 0.321 e. The molecule has 0 saturated heterocycles. The maximum absolute atomic E-state index is 11.3. The molecule has 1 fully saturated rings. The minimum absolute atomic E-state index is 0.122. The van der Waals surface area contributed by atoms with Gasteiger partial charge >= 0.3 is 5.97 Å². The van der Waals surface area contributed by atoms with E-state index in [1.165, 1.54) is 19.3 Å². The molecule has 72 valence electrons. The van der Waals surface area contributed by atoms with Gasteiger partial charge in [0.25, 0.3) is 0 Å². The number of hydrogen-bond donors (Lipinski definition) is 0. The van der Waals surface area contributed by atoms with Gasteiger partial charge in [0.1, 0.15) is 12.0 Å². The lowest BCUT2D eigenvalue weighted by Crippen LogP contribution is -2.24. The molecule has 0 aromatic rings. The fourth-order valence-corrected chi connectivity index (χ4v) is 1.52. The molecule has 2 nitrogen and oxygen atoms in total. The first-order valence-electron chi connectivity index (χ1n) is 4.90. The summed E-state index contributed by atoms with van der Waals surface area (Å²) in [5.41, 5.74) is 0. The molecule has 1 rings (SSSR count). The predicted octanol–water partition coefficient (Wildman–Crippen LogP) is 2.13. The van der Waals surface area contributed by atoms with Crippen molar-refractivity contribution in [1.82, 2.24) is 0 Å². The molecule has 0 aromatic carbocycles. The van der Waals surface area contributed by atoms with Gasteiger partial charge in [0.15, 0.2) is 0 Å². The zero-order valence-corrected chi connectivity index (χ0v) is 8.08. The Kier molecular flexibility index (Phi) is 3.82. The van der Waals surface area contributed by atoms with Crippen molar-refractivity contribution in [3.8, 4) is 12.3 Å². The Morgan fingerprint density at radius 1 is 1.46 bits per heavy atom. The van der Waals surface area contributed by atoms with Crippen molar-refractivity contribution < 1.29 is 9.53 Å². The highest BCUT2D eigenvalue weighted by molar-refractivity contribution is 5.75. The van der Waals surface area contributed by atoms with E-state index in [0.29, 0.717) is 0 Å². The Bertz CT molecular complexity index is 209. The summed E-state index contributed by atoms with van der Waals surface area (Å²) in [6.45, 7) is 1.70. The van der Waals surface area contributed by atoms with Gasteiger partial charge < -0.3 is 4.74 Å². The highest BCUT2D eigenvalue weighted by Crippen LogP contribution is 2.21. The molecular formula is C11H16O2. The third kappa shape index (κ3) is 3.10. The van der Waals surface area contributed by atoms with Crippen molar-refractivity contribution in [1.29, 1.82) is 0 Å². The Balaban J connectivity index is 2.31. The Morgan fingerprint density at radius 2 is 2.08 bits per heavy atom. The second-order valence-corrected chi connectivity index (χ2v) is 3.59. The molecular weight excluding hydrogens is 164 g/mol. The fourth-order valence-electron chi connectivity index (χ4n) is 1.52. The number of carbonyl (C=O) groups excluding carboxylic acids is 1. The van der Waals surface area contributed by atoms with Gasteiger partial charge in [0, 0.05) is 0 Å². The van der Waals surface area contributed by atoms with E-state index in [1.807, 2.05) is 0 Å². The minimum Gasteiger partial charge on any atom is -0.461 e. The average Bonchev–Trinajstić information content (AvgIpc) is 2.18. The number of hydrogen-bond acceptors (Lipinski definition) is 2. The first kappa shape index (κ1) is 10.1. The van der Waals surface area contributed by atoms with Crippen molar-refractivity contribution in [2.45, 2.75) is 45.1 Å². The van der Waals surface area contributed by atoms with Gasteiger partial charge in [-0.15, -0.1) is 6.42 Å². The molecule has 1 saturated carbocycles. The van der Waals surface area contributed by atoms with Crippen molar-refractivity contribution in [3.05, 3.63) is 0 Å². The van der Waals surface area contributed by atoms with Crippen molar-refractivity contribution in [3.63, 3.8) is 0 Å². The zero-order valence-electron chi connectivity index (χ0n) is 8.08. The largest absolute Gasteiger partial charge is 0.461 e. The monoisotopic (exact) mass is 180 g/mol. The van der Waals surface area contributed by atoms with Crippen LogP contribution in [0.4, 0.5) is 0 Å². The Hall–Kier alpha value is -0.970. The number of terminal acetylenes is 1. The summed E-state index contributed by atoms with van der Waals surface area (Å²) in [5, 5.41) is 0. The summed E-state index contributed by atoms with van der Waals surface area (Å²) in [6.07, 6.45) is 10.9. The molecule has 0 spiro atoms. The first-order chi connectivity index (χ1) is 6.24. The van der Waals surface area contributed by atoms with Gasteiger partial charge in [0.2, 0.25) is 0 Å². The van der Waals surface area contributed by atoms with E-state index in [9.17, 15) is 4.79 Å². The van der Waals surface area contributed by atoms with Crippen LogP contribution >= 0.6 is 0 Å². The van der Waals surface area contributed by atoms with Gasteiger partial charge in [-0.1, -0.05) is 12.3 Å². The standard InChI is InChI=1S/C11H16O2/c1-3-9(2)11(12)13-10-7-5-4-6-8-10/h1,9-10H,4-8H2,2H3. The van der Waals surface area contributed by atoms with E-state index in [2.05, 4.69) is 5.92 Å². The summed E-state index contributed by atoms with van der Waals surface area (Å²) in [4.78, 5) is 11.3. The van der Waals surface area contributed by atoms with Gasteiger partial charge in [-0.2, -0.15) is 0 Å². The second kappa shape index (κ2) is 4.91. The number of ether oxygens (including phenoxy) is 1. The van der Waals surface area contributed by atoms with Crippen molar-refractivity contribution in [2.75, 3.05) is 0 Å². The summed E-state index contributed by atoms with van der Waals surface area (Å²) >= 11 is 0. The lowest BCUT2D eigenvalue weighted by molar-refractivity contribution is -0.152. The van der Waals surface area contributed by atoms with Gasteiger partial charge in [-0.3, -0.25) is 4.79 Å². The maximum atomic E-state index is 11.3. The van der Waals surface area contributed by atoms with Crippen LogP contribution in [0.2, 0.25) is 0 Å². The summed E-state index contributed by atoms with van der Waals surface area (Å²) in [6, 6.07) is 0. The van der Waals surface area contributed by atoms with E-state index < -0.39 is 5.92 Å². The van der Waals surface area contributed by atoms with Crippen LogP contribution in [0.25, 0.3) is 0 Å². The quantitative estimate of drug-likeness (QED) is 0.480. The molecule has 0 heterocycles. The molecule has 1 unspecified atom stereocenters. The molecule has 1 atom stereocenters. The molecule has 0 aromatic heterocycles. The van der Waals surface area contributed by atoms with Gasteiger partial charge in [-0.05, 0) is 32.6 Å².